The summed E-state index contributed by atoms with van der Waals surface area (Å²) in [6, 6.07) is 6.78. The summed E-state index contributed by atoms with van der Waals surface area (Å²) in [6.45, 7) is 1.17. The van der Waals surface area contributed by atoms with Crippen LogP contribution in [-0.2, 0) is 0 Å². The van der Waals surface area contributed by atoms with Crippen molar-refractivity contribution in [3.63, 3.8) is 0 Å². The first-order valence-corrected chi connectivity index (χ1v) is 7.30. The van der Waals surface area contributed by atoms with Gasteiger partial charge in [-0.05, 0) is 49.8 Å². The molecule has 2 fully saturated rings. The highest BCUT2D eigenvalue weighted by Gasteiger charge is 2.33. The lowest BCUT2D eigenvalue weighted by Crippen LogP contribution is -2.28. The van der Waals surface area contributed by atoms with Gasteiger partial charge in [0.2, 0.25) is 0 Å². The summed E-state index contributed by atoms with van der Waals surface area (Å²) in [7, 11) is 0. The molecule has 0 bridgehead atoms. The Kier molecular flexibility index (Phi) is 3.20. The number of nitrogens with zero attached hydrogens (tertiary/aromatic N) is 1. The molecule has 96 valence electrons. The van der Waals surface area contributed by atoms with E-state index >= 15 is 0 Å². The molecule has 0 amide bonds. The lowest BCUT2D eigenvalue weighted by Gasteiger charge is -2.25. The molecule has 0 aromatic heterocycles. The SMILES string of the molecule is NC(=S)c1ccc(N(CC2CC2)C2CC2)cc1Cl. The first-order chi connectivity index (χ1) is 8.65. The molecule has 4 heteroatoms. The summed E-state index contributed by atoms with van der Waals surface area (Å²) < 4.78 is 0. The fraction of sp³-hybridized carbons (Fsp3) is 0.500. The monoisotopic (exact) mass is 280 g/mol. The molecule has 0 saturated heterocycles. The van der Waals surface area contributed by atoms with Gasteiger partial charge in [-0.1, -0.05) is 23.8 Å². The first-order valence-electron chi connectivity index (χ1n) is 6.51. The largest absolute Gasteiger partial charge is 0.389 e. The molecule has 1 aromatic rings. The van der Waals surface area contributed by atoms with E-state index in [4.69, 9.17) is 29.6 Å². The Morgan fingerprint density at radius 3 is 2.56 bits per heavy atom. The van der Waals surface area contributed by atoms with Gasteiger partial charge in [-0.2, -0.15) is 0 Å². The van der Waals surface area contributed by atoms with Crippen LogP contribution in [-0.4, -0.2) is 17.6 Å². The maximum atomic E-state index is 6.25. The Hall–Kier alpha value is -0.800. The van der Waals surface area contributed by atoms with Gasteiger partial charge in [0.1, 0.15) is 4.99 Å². The molecule has 2 aliphatic carbocycles. The fourth-order valence-corrected chi connectivity index (χ4v) is 2.82. The van der Waals surface area contributed by atoms with Crippen molar-refractivity contribution in [2.45, 2.75) is 31.7 Å². The van der Waals surface area contributed by atoms with Gasteiger partial charge < -0.3 is 10.6 Å². The van der Waals surface area contributed by atoms with Crippen LogP contribution in [0.1, 0.15) is 31.2 Å². The van der Waals surface area contributed by atoms with Gasteiger partial charge >= 0.3 is 0 Å². The average Bonchev–Trinajstić information content (AvgIpc) is 3.18. The minimum atomic E-state index is 0.367. The van der Waals surface area contributed by atoms with Gasteiger partial charge in [0.25, 0.3) is 0 Å². The van der Waals surface area contributed by atoms with Crippen LogP contribution < -0.4 is 10.6 Å². The molecule has 2 aliphatic rings. The molecule has 0 unspecified atom stereocenters. The van der Waals surface area contributed by atoms with E-state index < -0.39 is 0 Å². The molecule has 0 aliphatic heterocycles. The quantitative estimate of drug-likeness (QED) is 0.839. The molecule has 0 radical (unpaired) electrons. The topological polar surface area (TPSA) is 29.3 Å². The first kappa shape index (κ1) is 12.2. The standard InChI is InChI=1S/C14H17ClN2S/c15-13-7-11(5-6-12(13)14(16)18)17(10-3-4-10)8-9-1-2-9/h5-7,9-10H,1-4,8H2,(H2,16,18). The highest BCUT2D eigenvalue weighted by molar-refractivity contribution is 7.80. The van der Waals surface area contributed by atoms with Crippen molar-refractivity contribution in [2.75, 3.05) is 11.4 Å². The van der Waals surface area contributed by atoms with Crippen LogP contribution in [0.15, 0.2) is 18.2 Å². The summed E-state index contributed by atoms with van der Waals surface area (Å²) in [5.74, 6) is 0.889. The zero-order chi connectivity index (χ0) is 12.7. The van der Waals surface area contributed by atoms with Crippen LogP contribution in [0, 0.1) is 5.92 Å². The Morgan fingerprint density at radius 2 is 2.06 bits per heavy atom. The van der Waals surface area contributed by atoms with Crippen LogP contribution in [0.3, 0.4) is 0 Å². The second kappa shape index (κ2) is 4.71. The predicted octanol–water partition coefficient (Wildman–Crippen LogP) is 3.35. The maximum absolute atomic E-state index is 6.25. The summed E-state index contributed by atoms with van der Waals surface area (Å²) in [5.41, 5.74) is 7.63. The van der Waals surface area contributed by atoms with Gasteiger partial charge in [-0.15, -0.1) is 0 Å². The van der Waals surface area contributed by atoms with Crippen molar-refractivity contribution in [3.05, 3.63) is 28.8 Å². The molecule has 2 nitrogen and oxygen atoms in total. The Labute approximate surface area is 118 Å². The zero-order valence-electron chi connectivity index (χ0n) is 10.2. The lowest BCUT2D eigenvalue weighted by molar-refractivity contribution is 0.719. The van der Waals surface area contributed by atoms with Gasteiger partial charge in [0.05, 0.1) is 5.02 Å². The van der Waals surface area contributed by atoms with E-state index in [0.717, 1.165) is 17.5 Å². The van der Waals surface area contributed by atoms with Crippen molar-refractivity contribution >= 4 is 34.5 Å². The van der Waals surface area contributed by atoms with E-state index in [1.807, 2.05) is 12.1 Å². The number of hydrogen-bond acceptors (Lipinski definition) is 2. The maximum Gasteiger partial charge on any atom is 0.105 e. The van der Waals surface area contributed by atoms with Crippen LogP contribution in [0.4, 0.5) is 5.69 Å². The van der Waals surface area contributed by atoms with Gasteiger partial charge in [-0.25, -0.2) is 0 Å². The number of hydrogen-bond donors (Lipinski definition) is 1. The molecule has 0 spiro atoms. The van der Waals surface area contributed by atoms with Crippen molar-refractivity contribution in [2.24, 2.45) is 11.7 Å². The minimum absolute atomic E-state index is 0.367. The fourth-order valence-electron chi connectivity index (χ4n) is 2.31. The number of thiocarbonyl (C=S) groups is 1. The van der Waals surface area contributed by atoms with Gasteiger partial charge in [0, 0.05) is 23.8 Å². The van der Waals surface area contributed by atoms with E-state index in [-0.39, 0.29) is 0 Å². The predicted molar refractivity (Wildman–Crippen MR) is 80.4 cm³/mol. The minimum Gasteiger partial charge on any atom is -0.389 e. The smallest absolute Gasteiger partial charge is 0.105 e. The summed E-state index contributed by atoms with van der Waals surface area (Å²) in [5, 5.41) is 0.668. The molecule has 1 aromatic carbocycles. The van der Waals surface area contributed by atoms with E-state index in [9.17, 15) is 0 Å². The number of benzene rings is 1. The number of nitrogens with two attached hydrogens (primary N) is 1. The van der Waals surface area contributed by atoms with Gasteiger partial charge in [-0.3, -0.25) is 0 Å². The lowest BCUT2D eigenvalue weighted by atomic mass is 10.2. The summed E-state index contributed by atoms with van der Waals surface area (Å²) in [6.07, 6.45) is 5.37. The average molecular weight is 281 g/mol. The molecular weight excluding hydrogens is 264 g/mol. The molecule has 0 atom stereocenters. The Bertz CT molecular complexity index is 481. The molecular formula is C14H17ClN2S. The third kappa shape index (κ3) is 2.62. The number of anilines is 1. The highest BCUT2D eigenvalue weighted by Crippen LogP contribution is 2.38. The van der Waals surface area contributed by atoms with E-state index in [0.29, 0.717) is 10.0 Å². The third-order valence-electron chi connectivity index (χ3n) is 3.69. The zero-order valence-corrected chi connectivity index (χ0v) is 11.8. The second-order valence-electron chi connectivity index (χ2n) is 5.36. The van der Waals surface area contributed by atoms with E-state index in [1.165, 1.54) is 37.9 Å². The Balaban J connectivity index is 1.84. The van der Waals surface area contributed by atoms with Crippen molar-refractivity contribution < 1.29 is 0 Å². The molecule has 0 heterocycles. The molecule has 2 N–H and O–H groups in total. The summed E-state index contributed by atoms with van der Waals surface area (Å²) in [4.78, 5) is 2.87. The van der Waals surface area contributed by atoms with Crippen LogP contribution >= 0.6 is 23.8 Å². The molecule has 18 heavy (non-hydrogen) atoms. The van der Waals surface area contributed by atoms with Crippen molar-refractivity contribution in [1.82, 2.24) is 0 Å². The van der Waals surface area contributed by atoms with Crippen LogP contribution in [0.2, 0.25) is 5.02 Å². The van der Waals surface area contributed by atoms with Gasteiger partial charge in [0.15, 0.2) is 0 Å². The summed E-state index contributed by atoms with van der Waals surface area (Å²) >= 11 is 11.2. The van der Waals surface area contributed by atoms with E-state index in [2.05, 4.69) is 11.0 Å². The highest BCUT2D eigenvalue weighted by atomic mass is 35.5. The number of halogens is 1. The molecule has 2 saturated carbocycles. The number of rotatable bonds is 5. The van der Waals surface area contributed by atoms with E-state index in [1.54, 1.807) is 0 Å². The Morgan fingerprint density at radius 1 is 1.33 bits per heavy atom. The molecule has 3 rings (SSSR count). The van der Waals surface area contributed by atoms with Crippen molar-refractivity contribution in [1.29, 1.82) is 0 Å². The second-order valence-corrected chi connectivity index (χ2v) is 6.20. The van der Waals surface area contributed by atoms with Crippen molar-refractivity contribution in [3.8, 4) is 0 Å². The van der Waals surface area contributed by atoms with Crippen LogP contribution in [0.5, 0.6) is 0 Å². The van der Waals surface area contributed by atoms with Crippen LogP contribution in [0.25, 0.3) is 0 Å². The third-order valence-corrected chi connectivity index (χ3v) is 4.22. The normalized spacial score (nSPS) is 18.7.